The summed E-state index contributed by atoms with van der Waals surface area (Å²) in [6.45, 7) is 1.97. The summed E-state index contributed by atoms with van der Waals surface area (Å²) in [4.78, 5) is 6.30. The molecule has 0 saturated carbocycles. The minimum atomic E-state index is 0.836. The monoisotopic (exact) mass is 228 g/mol. The molecule has 0 atom stereocenters. The predicted octanol–water partition coefficient (Wildman–Crippen LogP) is 2.40. The zero-order valence-corrected chi connectivity index (χ0v) is 10.3. The van der Waals surface area contributed by atoms with Crippen molar-refractivity contribution in [2.45, 2.75) is 6.92 Å². The van der Waals surface area contributed by atoms with E-state index in [9.17, 15) is 0 Å². The summed E-state index contributed by atoms with van der Waals surface area (Å²) < 4.78 is 1.84. The predicted molar refractivity (Wildman–Crippen MR) is 70.1 cm³/mol. The van der Waals surface area contributed by atoms with Gasteiger partial charge in [0.15, 0.2) is 5.82 Å². The van der Waals surface area contributed by atoms with Gasteiger partial charge in [0.05, 0.1) is 17.7 Å². The summed E-state index contributed by atoms with van der Waals surface area (Å²) in [6.07, 6.45) is 1.77. The number of nitrogens with zero attached hydrogens (tertiary/aromatic N) is 4. The summed E-state index contributed by atoms with van der Waals surface area (Å²) >= 11 is 0. The number of para-hydroxylation sites is 1. The fraction of sp³-hybridized carbons (Fsp3) is 0.231. The third-order valence-electron chi connectivity index (χ3n) is 2.23. The fourth-order valence-corrected chi connectivity index (χ4v) is 1.51. The maximum absolute atomic E-state index is 4.44. The Balaban J connectivity index is 2.41. The largest absolute Gasteiger partial charge is 0.369 e. The smallest absolute Gasteiger partial charge is 0.157 e. The Hall–Kier alpha value is -2.10. The molecular formula is C13H16N4. The number of hydrogen-bond donors (Lipinski definition) is 0. The van der Waals surface area contributed by atoms with Gasteiger partial charge in [0, 0.05) is 20.2 Å². The molecule has 4 heteroatoms. The van der Waals surface area contributed by atoms with Crippen LogP contribution < -0.4 is 0 Å². The van der Waals surface area contributed by atoms with E-state index in [1.165, 1.54) is 0 Å². The molecular weight excluding hydrogens is 212 g/mol. The lowest BCUT2D eigenvalue weighted by atomic mass is 10.3. The molecule has 0 bridgehead atoms. The molecule has 0 unspecified atom stereocenters. The van der Waals surface area contributed by atoms with E-state index < -0.39 is 0 Å². The van der Waals surface area contributed by atoms with Crippen LogP contribution in [-0.2, 0) is 0 Å². The van der Waals surface area contributed by atoms with Crippen LogP contribution >= 0.6 is 0 Å². The number of hydrogen-bond acceptors (Lipinski definition) is 2. The van der Waals surface area contributed by atoms with E-state index in [-0.39, 0.29) is 0 Å². The molecule has 0 aliphatic heterocycles. The van der Waals surface area contributed by atoms with Crippen molar-refractivity contribution < 1.29 is 0 Å². The molecule has 0 N–H and O–H groups in total. The van der Waals surface area contributed by atoms with E-state index in [1.807, 2.05) is 67.0 Å². The van der Waals surface area contributed by atoms with Crippen LogP contribution in [0, 0.1) is 6.92 Å². The van der Waals surface area contributed by atoms with Gasteiger partial charge in [-0.1, -0.05) is 18.2 Å². The molecule has 1 aromatic heterocycles. The van der Waals surface area contributed by atoms with Gasteiger partial charge < -0.3 is 4.90 Å². The van der Waals surface area contributed by atoms with Gasteiger partial charge in [-0.05, 0) is 19.1 Å². The van der Waals surface area contributed by atoms with Gasteiger partial charge in [-0.25, -0.2) is 9.67 Å². The Labute approximate surface area is 101 Å². The first-order valence-corrected chi connectivity index (χ1v) is 5.49. The zero-order valence-electron chi connectivity index (χ0n) is 10.3. The van der Waals surface area contributed by atoms with Crippen molar-refractivity contribution in [3.8, 4) is 5.69 Å². The molecule has 0 fully saturated rings. The van der Waals surface area contributed by atoms with Crippen LogP contribution in [0.1, 0.15) is 5.69 Å². The summed E-state index contributed by atoms with van der Waals surface area (Å²) in [5.74, 6) is 0.836. The van der Waals surface area contributed by atoms with Crippen LogP contribution in [0.2, 0.25) is 0 Å². The molecule has 1 aromatic carbocycles. The highest BCUT2D eigenvalue weighted by atomic mass is 15.3. The fourth-order valence-electron chi connectivity index (χ4n) is 1.51. The lowest BCUT2D eigenvalue weighted by molar-refractivity contribution is 0.642. The summed E-state index contributed by atoms with van der Waals surface area (Å²) in [6, 6.07) is 12.0. The second-order valence-electron chi connectivity index (χ2n) is 4.10. The van der Waals surface area contributed by atoms with Crippen molar-refractivity contribution in [3.63, 3.8) is 0 Å². The average Bonchev–Trinajstić information content (AvgIpc) is 2.69. The summed E-state index contributed by atoms with van der Waals surface area (Å²) in [5.41, 5.74) is 1.98. The summed E-state index contributed by atoms with van der Waals surface area (Å²) in [7, 11) is 3.89. The number of aliphatic imine (C=N–C) groups is 1. The topological polar surface area (TPSA) is 33.4 Å². The third-order valence-corrected chi connectivity index (χ3v) is 2.23. The van der Waals surface area contributed by atoms with Crippen molar-refractivity contribution in [2.24, 2.45) is 4.99 Å². The molecule has 0 aliphatic rings. The highest BCUT2D eigenvalue weighted by Crippen LogP contribution is 2.19. The molecule has 2 aromatic rings. The highest BCUT2D eigenvalue weighted by Gasteiger charge is 2.05. The quantitative estimate of drug-likeness (QED) is 0.597. The minimum absolute atomic E-state index is 0.836. The Kier molecular flexibility index (Phi) is 3.23. The molecule has 4 nitrogen and oxygen atoms in total. The zero-order chi connectivity index (χ0) is 12.3. The van der Waals surface area contributed by atoms with Crippen molar-refractivity contribution in [1.29, 1.82) is 0 Å². The van der Waals surface area contributed by atoms with Crippen LogP contribution in [0.25, 0.3) is 5.69 Å². The van der Waals surface area contributed by atoms with Gasteiger partial charge in [-0.2, -0.15) is 5.10 Å². The van der Waals surface area contributed by atoms with Crippen molar-refractivity contribution in [1.82, 2.24) is 14.7 Å². The average molecular weight is 228 g/mol. The van der Waals surface area contributed by atoms with Gasteiger partial charge in [0.1, 0.15) is 0 Å². The maximum Gasteiger partial charge on any atom is 0.157 e. The molecule has 17 heavy (non-hydrogen) atoms. The first-order valence-electron chi connectivity index (χ1n) is 5.49. The SMILES string of the molecule is Cc1cc(/N=C/N(C)C)n(-c2ccccc2)n1. The first kappa shape index (κ1) is 11.4. The van der Waals surface area contributed by atoms with E-state index in [1.54, 1.807) is 6.34 Å². The molecule has 88 valence electrons. The van der Waals surface area contributed by atoms with Gasteiger partial charge in [0.2, 0.25) is 0 Å². The maximum atomic E-state index is 4.44. The number of aromatic nitrogens is 2. The standard InChI is InChI=1S/C13H16N4/c1-11-9-13(14-10-16(2)3)17(15-11)12-7-5-4-6-8-12/h4-10H,1-3H3/b14-10+. The van der Waals surface area contributed by atoms with E-state index in [0.717, 1.165) is 17.2 Å². The molecule has 1 heterocycles. The van der Waals surface area contributed by atoms with E-state index in [4.69, 9.17) is 0 Å². The Bertz CT molecular complexity index is 511. The summed E-state index contributed by atoms with van der Waals surface area (Å²) in [5, 5.41) is 4.44. The Morgan fingerprint density at radius 3 is 2.59 bits per heavy atom. The molecule has 0 aliphatic carbocycles. The van der Waals surface area contributed by atoms with Gasteiger partial charge in [0.25, 0.3) is 0 Å². The van der Waals surface area contributed by atoms with Crippen molar-refractivity contribution in [3.05, 3.63) is 42.1 Å². The third kappa shape index (κ3) is 2.72. The lowest BCUT2D eigenvalue weighted by Gasteiger charge is -2.05. The Morgan fingerprint density at radius 2 is 1.94 bits per heavy atom. The van der Waals surface area contributed by atoms with E-state index >= 15 is 0 Å². The lowest BCUT2D eigenvalue weighted by Crippen LogP contribution is -2.07. The molecule has 0 amide bonds. The van der Waals surface area contributed by atoms with E-state index in [0.29, 0.717) is 0 Å². The molecule has 2 rings (SSSR count). The number of rotatable bonds is 3. The normalized spacial score (nSPS) is 11.0. The highest BCUT2D eigenvalue weighted by molar-refractivity contribution is 5.60. The molecule has 0 saturated heterocycles. The van der Waals surface area contributed by atoms with Crippen LogP contribution in [0.4, 0.5) is 5.82 Å². The minimum Gasteiger partial charge on any atom is -0.369 e. The second kappa shape index (κ2) is 4.82. The van der Waals surface area contributed by atoms with Crippen molar-refractivity contribution in [2.75, 3.05) is 14.1 Å². The van der Waals surface area contributed by atoms with Crippen LogP contribution in [-0.4, -0.2) is 35.1 Å². The number of aryl methyl sites for hydroxylation is 1. The van der Waals surface area contributed by atoms with Gasteiger partial charge >= 0.3 is 0 Å². The Morgan fingerprint density at radius 1 is 1.24 bits per heavy atom. The second-order valence-corrected chi connectivity index (χ2v) is 4.10. The van der Waals surface area contributed by atoms with Crippen LogP contribution in [0.5, 0.6) is 0 Å². The van der Waals surface area contributed by atoms with Crippen LogP contribution in [0.15, 0.2) is 41.4 Å². The van der Waals surface area contributed by atoms with Crippen LogP contribution in [0.3, 0.4) is 0 Å². The van der Waals surface area contributed by atoms with Gasteiger partial charge in [-0.15, -0.1) is 0 Å². The van der Waals surface area contributed by atoms with E-state index in [2.05, 4.69) is 10.1 Å². The van der Waals surface area contributed by atoms with Crippen molar-refractivity contribution >= 4 is 12.2 Å². The molecule has 0 spiro atoms. The number of benzene rings is 1. The van der Waals surface area contributed by atoms with Gasteiger partial charge in [-0.3, -0.25) is 0 Å². The first-order chi connectivity index (χ1) is 8.16. The molecule has 0 radical (unpaired) electrons.